The molecule has 7 nitrogen and oxygen atoms in total. The number of nitro groups is 1. The molecule has 0 saturated heterocycles. The summed E-state index contributed by atoms with van der Waals surface area (Å²) in [7, 11) is -4.87. The molecule has 0 aliphatic rings. The van der Waals surface area contributed by atoms with Gasteiger partial charge in [-0.2, -0.15) is 0 Å². The Morgan fingerprint density at radius 2 is 1.87 bits per heavy atom. The summed E-state index contributed by atoms with van der Waals surface area (Å²) in [5.41, 5.74) is 3.95. The number of nitro benzene ring substituents is 1. The van der Waals surface area contributed by atoms with Crippen LogP contribution in [0.3, 0.4) is 0 Å². The van der Waals surface area contributed by atoms with E-state index >= 15 is 0 Å². The van der Waals surface area contributed by atoms with Crippen LogP contribution in [0.2, 0.25) is 0 Å². The van der Waals surface area contributed by atoms with Crippen LogP contribution in [-0.2, 0) is 10.1 Å². The van der Waals surface area contributed by atoms with E-state index in [1.54, 1.807) is 0 Å². The fourth-order valence-corrected chi connectivity index (χ4v) is 1.61. The van der Waals surface area contributed by atoms with E-state index in [0.29, 0.717) is 0 Å². The van der Waals surface area contributed by atoms with Crippen molar-refractivity contribution in [3.05, 3.63) is 28.3 Å². The van der Waals surface area contributed by atoms with Gasteiger partial charge in [0.05, 0.1) is 4.92 Å². The molecular weight excluding hydrogens is 219 g/mol. The van der Waals surface area contributed by atoms with Gasteiger partial charge in [-0.05, 0) is 12.1 Å². The zero-order valence-electron chi connectivity index (χ0n) is 7.71. The number of nitrogen functional groups attached to an aromatic ring is 1. The van der Waals surface area contributed by atoms with Gasteiger partial charge in [0.15, 0.2) is 0 Å². The third kappa shape index (κ3) is 2.94. The summed E-state index contributed by atoms with van der Waals surface area (Å²) in [6.45, 7) is 0. The van der Waals surface area contributed by atoms with Crippen molar-refractivity contribution >= 4 is 21.5 Å². The molecule has 0 saturated carbocycles. The largest absolute Gasteiger partial charge is 1.00 e. The van der Waals surface area contributed by atoms with Crippen molar-refractivity contribution in [3.8, 4) is 0 Å². The molecule has 0 bridgehead atoms. The second-order valence-electron chi connectivity index (χ2n) is 2.41. The van der Waals surface area contributed by atoms with Gasteiger partial charge in [-0.15, -0.1) is 0 Å². The molecule has 0 aliphatic carbocycles. The van der Waals surface area contributed by atoms with E-state index < -0.39 is 25.6 Å². The quantitative estimate of drug-likeness (QED) is 0.188. The molecule has 0 atom stereocenters. The molecule has 0 heterocycles. The Morgan fingerprint density at radius 1 is 1.33 bits per heavy atom. The van der Waals surface area contributed by atoms with Crippen molar-refractivity contribution in [2.24, 2.45) is 0 Å². The standard InChI is InChI=1S/C6H6N2O5S.Li/c7-4-2-1-3-5(14(11,12)13)6(4)8(9)10;/h1-3H,7H2,(H,11,12,13);/q;+1/p-1. The van der Waals surface area contributed by atoms with Crippen molar-refractivity contribution in [1.82, 2.24) is 0 Å². The molecule has 0 spiro atoms. The van der Waals surface area contributed by atoms with Crippen LogP contribution in [0.25, 0.3) is 0 Å². The van der Waals surface area contributed by atoms with Crippen LogP contribution in [0.4, 0.5) is 11.4 Å². The number of para-hydroxylation sites is 1. The number of anilines is 1. The second-order valence-corrected chi connectivity index (χ2v) is 3.75. The summed E-state index contributed by atoms with van der Waals surface area (Å²) in [6, 6.07) is 3.15. The molecule has 76 valence electrons. The molecule has 0 fully saturated rings. The van der Waals surface area contributed by atoms with E-state index in [9.17, 15) is 23.1 Å². The number of rotatable bonds is 2. The average molecular weight is 224 g/mol. The number of nitrogens with zero attached hydrogens (tertiary/aromatic N) is 1. The van der Waals surface area contributed by atoms with Gasteiger partial charge in [0.2, 0.25) is 0 Å². The van der Waals surface area contributed by atoms with E-state index in [2.05, 4.69) is 0 Å². The molecular formula is C6H5LiN2O5S. The van der Waals surface area contributed by atoms with Crippen LogP contribution in [-0.4, -0.2) is 17.9 Å². The van der Waals surface area contributed by atoms with Crippen LogP contribution < -0.4 is 24.6 Å². The van der Waals surface area contributed by atoms with Gasteiger partial charge >= 0.3 is 24.5 Å². The first-order valence-electron chi connectivity index (χ1n) is 3.33. The second kappa shape index (κ2) is 4.63. The summed E-state index contributed by atoms with van der Waals surface area (Å²) in [6.07, 6.45) is 0. The molecule has 2 N–H and O–H groups in total. The first kappa shape index (κ1) is 13.9. The summed E-state index contributed by atoms with van der Waals surface area (Å²) >= 11 is 0. The number of hydrogen-bond donors (Lipinski definition) is 1. The average Bonchev–Trinajstić information content (AvgIpc) is 2.01. The molecule has 0 aromatic heterocycles. The Kier molecular flexibility index (Phi) is 4.30. The summed E-state index contributed by atoms with van der Waals surface area (Å²) in [4.78, 5) is 8.50. The normalized spacial score (nSPS) is 10.5. The van der Waals surface area contributed by atoms with Gasteiger partial charge in [0, 0.05) is 0 Å². The molecule has 1 aromatic carbocycles. The number of hydrogen-bond acceptors (Lipinski definition) is 6. The molecule has 0 amide bonds. The van der Waals surface area contributed by atoms with Crippen LogP contribution >= 0.6 is 0 Å². The first-order chi connectivity index (χ1) is 6.34. The smallest absolute Gasteiger partial charge is 0.744 e. The van der Waals surface area contributed by atoms with E-state index in [0.717, 1.165) is 18.2 Å². The SMILES string of the molecule is Nc1cccc(S(=O)(=O)[O-])c1[N+](=O)[O-].[Li+]. The minimum absolute atomic E-state index is 0. The fourth-order valence-electron chi connectivity index (χ4n) is 0.936. The third-order valence-corrected chi connectivity index (χ3v) is 2.35. The third-order valence-electron chi connectivity index (χ3n) is 1.48. The maximum atomic E-state index is 10.6. The van der Waals surface area contributed by atoms with Gasteiger partial charge in [0.25, 0.3) is 0 Å². The maximum Gasteiger partial charge on any atom is 1.00 e. The maximum absolute atomic E-state index is 10.6. The predicted octanol–water partition coefficient (Wildman–Crippen LogP) is -2.91. The zero-order chi connectivity index (χ0) is 10.9. The van der Waals surface area contributed by atoms with Crippen molar-refractivity contribution in [2.75, 3.05) is 5.73 Å². The van der Waals surface area contributed by atoms with Crippen LogP contribution in [0, 0.1) is 10.1 Å². The van der Waals surface area contributed by atoms with Crippen molar-refractivity contribution in [1.29, 1.82) is 0 Å². The van der Waals surface area contributed by atoms with Crippen molar-refractivity contribution in [3.63, 3.8) is 0 Å². The van der Waals surface area contributed by atoms with Gasteiger partial charge in [-0.1, -0.05) is 6.07 Å². The first-order valence-corrected chi connectivity index (χ1v) is 4.73. The summed E-state index contributed by atoms with van der Waals surface area (Å²) in [5, 5.41) is 10.4. The topological polar surface area (TPSA) is 126 Å². The van der Waals surface area contributed by atoms with E-state index in [4.69, 9.17) is 5.73 Å². The summed E-state index contributed by atoms with van der Waals surface area (Å²) < 4.78 is 31.8. The number of nitrogens with two attached hydrogens (primary N) is 1. The Labute approximate surface area is 97.4 Å². The Hall–Kier alpha value is -1.07. The molecule has 9 heteroatoms. The van der Waals surface area contributed by atoms with Gasteiger partial charge in [0.1, 0.15) is 20.7 Å². The van der Waals surface area contributed by atoms with E-state index in [1.165, 1.54) is 0 Å². The van der Waals surface area contributed by atoms with Crippen molar-refractivity contribution in [2.45, 2.75) is 4.90 Å². The van der Waals surface area contributed by atoms with Crippen molar-refractivity contribution < 1.29 is 36.8 Å². The number of benzene rings is 1. The molecule has 0 radical (unpaired) electrons. The summed E-state index contributed by atoms with van der Waals surface area (Å²) in [5.74, 6) is 0. The molecule has 1 rings (SSSR count). The van der Waals surface area contributed by atoms with Gasteiger partial charge in [-0.3, -0.25) is 10.1 Å². The zero-order valence-corrected chi connectivity index (χ0v) is 8.52. The van der Waals surface area contributed by atoms with Crippen LogP contribution in [0.15, 0.2) is 23.1 Å². The molecule has 15 heavy (non-hydrogen) atoms. The van der Waals surface area contributed by atoms with E-state index in [1.807, 2.05) is 0 Å². The predicted molar refractivity (Wildman–Crippen MR) is 45.5 cm³/mol. The van der Waals surface area contributed by atoms with Gasteiger partial charge in [-0.25, -0.2) is 8.42 Å². The minimum Gasteiger partial charge on any atom is -0.744 e. The van der Waals surface area contributed by atoms with Gasteiger partial charge < -0.3 is 10.3 Å². The Morgan fingerprint density at radius 3 is 2.20 bits per heavy atom. The molecule has 1 aromatic rings. The minimum atomic E-state index is -4.87. The Balaban J connectivity index is 0.00000196. The fraction of sp³-hybridized carbons (Fsp3) is 0. The van der Waals surface area contributed by atoms with Crippen LogP contribution in [0.5, 0.6) is 0 Å². The molecule has 0 aliphatic heterocycles. The molecule has 0 unspecified atom stereocenters. The van der Waals surface area contributed by atoms with E-state index in [-0.39, 0.29) is 24.5 Å². The van der Waals surface area contributed by atoms with Crippen LogP contribution in [0.1, 0.15) is 0 Å². The monoisotopic (exact) mass is 224 g/mol. The Bertz CT molecular complexity index is 486.